The van der Waals surface area contributed by atoms with Crippen molar-refractivity contribution >= 4 is 28.8 Å². The molecule has 1 fully saturated rings. The summed E-state index contributed by atoms with van der Waals surface area (Å²) in [5.41, 5.74) is 1.23. The molecule has 1 amide bonds. The second-order valence-electron chi connectivity index (χ2n) is 6.12. The van der Waals surface area contributed by atoms with Gasteiger partial charge in [0.25, 0.3) is 0 Å². The van der Waals surface area contributed by atoms with E-state index < -0.39 is 12.0 Å². The number of benzene rings is 1. The second kappa shape index (κ2) is 8.87. The molecular weight excluding hydrogens is 326 g/mol. The summed E-state index contributed by atoms with van der Waals surface area (Å²) in [4.78, 5) is 36.2. The Balaban J connectivity index is 1.89. The van der Waals surface area contributed by atoms with Crippen LogP contribution in [0, 0.1) is 5.92 Å². The molecule has 6 heteroatoms. The van der Waals surface area contributed by atoms with Crippen LogP contribution in [0.1, 0.15) is 31.7 Å². The number of carboxylic acid groups (broad SMARTS) is 1. The summed E-state index contributed by atoms with van der Waals surface area (Å²) in [5, 5.41) is 9.37. The van der Waals surface area contributed by atoms with Crippen LogP contribution in [-0.2, 0) is 20.8 Å². The lowest BCUT2D eigenvalue weighted by Gasteiger charge is -2.21. The van der Waals surface area contributed by atoms with E-state index in [0.29, 0.717) is 18.7 Å². The van der Waals surface area contributed by atoms with Crippen molar-refractivity contribution in [2.75, 3.05) is 12.3 Å². The summed E-state index contributed by atoms with van der Waals surface area (Å²) in [6.07, 6.45) is 2.48. The molecule has 1 aliphatic rings. The minimum atomic E-state index is -0.940. The van der Waals surface area contributed by atoms with Crippen LogP contribution in [-0.4, -0.2) is 45.3 Å². The van der Waals surface area contributed by atoms with Crippen molar-refractivity contribution in [3.8, 4) is 0 Å². The Morgan fingerprint density at radius 3 is 2.58 bits per heavy atom. The van der Waals surface area contributed by atoms with Crippen molar-refractivity contribution < 1.29 is 19.5 Å². The average Bonchev–Trinajstić information content (AvgIpc) is 2.98. The minimum absolute atomic E-state index is 0.0280. The smallest absolute Gasteiger partial charge is 0.326 e. The van der Waals surface area contributed by atoms with E-state index in [1.54, 1.807) is 0 Å². The number of carbonyl (C=O) groups is 3. The summed E-state index contributed by atoms with van der Waals surface area (Å²) in [5.74, 6) is -0.495. The molecular formula is C18H23NO4S. The summed E-state index contributed by atoms with van der Waals surface area (Å²) in [6.45, 7) is 1.96. The summed E-state index contributed by atoms with van der Waals surface area (Å²) in [6, 6.07) is 9.34. The van der Waals surface area contributed by atoms with Gasteiger partial charge in [-0.05, 0) is 30.7 Å². The van der Waals surface area contributed by atoms with Crippen molar-refractivity contribution in [1.29, 1.82) is 0 Å². The molecule has 1 saturated heterocycles. The number of hydrogen-bond acceptors (Lipinski definition) is 4. The van der Waals surface area contributed by atoms with Gasteiger partial charge >= 0.3 is 5.97 Å². The predicted molar refractivity (Wildman–Crippen MR) is 93.8 cm³/mol. The maximum Gasteiger partial charge on any atom is 0.326 e. The topological polar surface area (TPSA) is 74.7 Å². The Morgan fingerprint density at radius 1 is 1.25 bits per heavy atom. The van der Waals surface area contributed by atoms with Crippen LogP contribution in [0.25, 0.3) is 0 Å². The largest absolute Gasteiger partial charge is 0.480 e. The monoisotopic (exact) mass is 349 g/mol. The first-order valence-electron chi connectivity index (χ1n) is 8.17. The van der Waals surface area contributed by atoms with Crippen molar-refractivity contribution in [2.45, 2.75) is 38.6 Å². The molecule has 24 heavy (non-hydrogen) atoms. The first-order valence-corrected chi connectivity index (χ1v) is 9.15. The molecule has 130 valence electrons. The van der Waals surface area contributed by atoms with Gasteiger partial charge in [-0.25, -0.2) is 4.79 Å². The van der Waals surface area contributed by atoms with Crippen molar-refractivity contribution in [3.05, 3.63) is 35.9 Å². The molecule has 0 saturated carbocycles. The van der Waals surface area contributed by atoms with E-state index in [2.05, 4.69) is 12.1 Å². The van der Waals surface area contributed by atoms with Gasteiger partial charge in [0.15, 0.2) is 5.12 Å². The van der Waals surface area contributed by atoms with E-state index in [4.69, 9.17) is 0 Å². The number of carboxylic acids is 1. The van der Waals surface area contributed by atoms with Crippen LogP contribution in [0.15, 0.2) is 30.3 Å². The first-order chi connectivity index (χ1) is 11.5. The van der Waals surface area contributed by atoms with E-state index in [-0.39, 0.29) is 23.4 Å². The number of hydrogen-bond donors (Lipinski definition) is 1. The fourth-order valence-corrected chi connectivity index (χ4v) is 3.65. The van der Waals surface area contributed by atoms with Gasteiger partial charge in [-0.2, -0.15) is 0 Å². The number of aryl methyl sites for hydroxylation is 1. The van der Waals surface area contributed by atoms with Crippen LogP contribution in [0.5, 0.6) is 0 Å². The molecule has 2 rings (SSSR count). The van der Waals surface area contributed by atoms with Gasteiger partial charge in [0, 0.05) is 25.6 Å². The lowest BCUT2D eigenvalue weighted by molar-refractivity contribution is -0.148. The molecule has 1 aliphatic heterocycles. The lowest BCUT2D eigenvalue weighted by atomic mass is 9.97. The van der Waals surface area contributed by atoms with Gasteiger partial charge in [-0.15, -0.1) is 0 Å². The summed E-state index contributed by atoms with van der Waals surface area (Å²) >= 11 is 1.10. The van der Waals surface area contributed by atoms with Crippen LogP contribution >= 0.6 is 11.8 Å². The number of rotatable bonds is 7. The minimum Gasteiger partial charge on any atom is -0.480 e. The lowest BCUT2D eigenvalue weighted by Crippen LogP contribution is -2.40. The molecule has 0 bridgehead atoms. The number of likely N-dealkylation sites (tertiary alicyclic amines) is 1. The fraction of sp³-hybridized carbons (Fsp3) is 0.500. The Bertz CT molecular complexity index is 590. The van der Waals surface area contributed by atoms with Crippen LogP contribution in [0.4, 0.5) is 0 Å². The van der Waals surface area contributed by atoms with Gasteiger partial charge in [0.2, 0.25) is 5.91 Å². The third kappa shape index (κ3) is 5.37. The van der Waals surface area contributed by atoms with Gasteiger partial charge in [0.1, 0.15) is 6.04 Å². The maximum absolute atomic E-state index is 12.3. The summed E-state index contributed by atoms with van der Waals surface area (Å²) in [7, 11) is 0. The van der Waals surface area contributed by atoms with E-state index in [1.807, 2.05) is 18.2 Å². The molecule has 1 N–H and O–H groups in total. The molecule has 0 spiro atoms. The quantitative estimate of drug-likeness (QED) is 0.819. The van der Waals surface area contributed by atoms with E-state index in [1.165, 1.54) is 17.4 Å². The van der Waals surface area contributed by atoms with E-state index in [9.17, 15) is 19.5 Å². The Kier molecular flexibility index (Phi) is 6.85. The van der Waals surface area contributed by atoms with Crippen LogP contribution in [0.3, 0.4) is 0 Å². The number of carbonyl (C=O) groups excluding carboxylic acids is 2. The highest BCUT2D eigenvalue weighted by molar-refractivity contribution is 8.13. The van der Waals surface area contributed by atoms with Gasteiger partial charge < -0.3 is 10.0 Å². The third-order valence-electron chi connectivity index (χ3n) is 4.30. The Hall–Kier alpha value is -1.82. The third-order valence-corrected chi connectivity index (χ3v) is 5.11. The first kappa shape index (κ1) is 18.5. The SMILES string of the molecule is CC(=O)SCCC(=O)N1C[C@@H](CCc2ccccc2)C[C@H]1C(=O)O. The van der Waals surface area contributed by atoms with Crippen LogP contribution in [0.2, 0.25) is 0 Å². The molecule has 2 atom stereocenters. The molecule has 1 heterocycles. The molecule has 1 aromatic rings. The van der Waals surface area contributed by atoms with Crippen molar-refractivity contribution in [2.24, 2.45) is 5.92 Å². The standard InChI is InChI=1S/C18H23NO4S/c1-13(20)24-10-9-17(21)19-12-15(11-16(19)18(22)23)8-7-14-5-3-2-4-6-14/h2-6,15-16H,7-12H2,1H3,(H,22,23)/t15-,16-/m0/s1. The Labute approximate surface area is 146 Å². The summed E-state index contributed by atoms with van der Waals surface area (Å²) < 4.78 is 0. The molecule has 0 radical (unpaired) electrons. The fourth-order valence-electron chi connectivity index (χ4n) is 3.08. The predicted octanol–water partition coefficient (Wildman–Crippen LogP) is 2.59. The number of aliphatic carboxylic acids is 1. The zero-order valence-corrected chi connectivity index (χ0v) is 14.6. The normalized spacial score (nSPS) is 20.1. The molecule has 1 aromatic carbocycles. The highest BCUT2D eigenvalue weighted by Crippen LogP contribution is 2.28. The average molecular weight is 349 g/mol. The second-order valence-corrected chi connectivity index (χ2v) is 7.39. The molecule has 0 aromatic heterocycles. The van der Waals surface area contributed by atoms with E-state index in [0.717, 1.165) is 24.6 Å². The van der Waals surface area contributed by atoms with E-state index >= 15 is 0 Å². The van der Waals surface area contributed by atoms with Gasteiger partial charge in [-0.3, -0.25) is 9.59 Å². The van der Waals surface area contributed by atoms with Crippen molar-refractivity contribution in [1.82, 2.24) is 4.90 Å². The van der Waals surface area contributed by atoms with Crippen LogP contribution < -0.4 is 0 Å². The molecule has 5 nitrogen and oxygen atoms in total. The highest BCUT2D eigenvalue weighted by Gasteiger charge is 2.38. The zero-order valence-electron chi connectivity index (χ0n) is 13.8. The number of nitrogens with zero attached hydrogens (tertiary/aromatic N) is 1. The van der Waals surface area contributed by atoms with Crippen molar-refractivity contribution in [3.63, 3.8) is 0 Å². The Morgan fingerprint density at radius 2 is 1.96 bits per heavy atom. The van der Waals surface area contributed by atoms with Gasteiger partial charge in [0.05, 0.1) is 0 Å². The van der Waals surface area contributed by atoms with Gasteiger partial charge in [-0.1, -0.05) is 42.1 Å². The maximum atomic E-state index is 12.3. The highest BCUT2D eigenvalue weighted by atomic mass is 32.2. The number of amides is 1. The molecule has 0 unspecified atom stereocenters. The molecule has 0 aliphatic carbocycles. The number of thioether (sulfide) groups is 1. The zero-order chi connectivity index (χ0) is 17.5.